The first-order chi connectivity index (χ1) is 45.0. The Morgan fingerprint density at radius 2 is 0.620 bits per heavy atom. The Morgan fingerprint density at radius 3 is 0.924 bits per heavy atom. The number of esters is 2. The number of phosphoric ester groups is 1. The summed E-state index contributed by atoms with van der Waals surface area (Å²) in [5.41, 5.74) is 0. The van der Waals surface area contributed by atoms with E-state index in [9.17, 15) is 19.0 Å². The van der Waals surface area contributed by atoms with E-state index in [1.54, 1.807) is 0 Å². The number of allylic oxidation sites excluding steroid dienone is 20. The molecule has 0 radical (unpaired) electrons. The van der Waals surface area contributed by atoms with Gasteiger partial charge in [-0.15, -0.1) is 0 Å². The van der Waals surface area contributed by atoms with E-state index in [-0.39, 0.29) is 32.0 Å². The van der Waals surface area contributed by atoms with Gasteiger partial charge in [-0.1, -0.05) is 354 Å². The van der Waals surface area contributed by atoms with Crippen LogP contribution in [0.1, 0.15) is 335 Å². The highest BCUT2D eigenvalue weighted by Crippen LogP contribution is 2.43. The van der Waals surface area contributed by atoms with Crippen molar-refractivity contribution in [2.75, 3.05) is 47.5 Å². The molecule has 9 nitrogen and oxygen atoms in total. The number of nitrogens with zero attached hydrogens (tertiary/aromatic N) is 1. The van der Waals surface area contributed by atoms with E-state index in [0.717, 1.165) is 96.3 Å². The van der Waals surface area contributed by atoms with Crippen LogP contribution in [-0.2, 0) is 32.7 Å². The van der Waals surface area contributed by atoms with E-state index in [1.807, 2.05) is 21.1 Å². The van der Waals surface area contributed by atoms with Gasteiger partial charge < -0.3 is 18.9 Å². The minimum atomic E-state index is -4.41. The summed E-state index contributed by atoms with van der Waals surface area (Å²) in [5.74, 6) is -0.844. The third kappa shape index (κ3) is 75.4. The van der Waals surface area contributed by atoms with E-state index in [1.165, 1.54) is 205 Å². The molecule has 1 N–H and O–H groups in total. The first kappa shape index (κ1) is 88.4. The van der Waals surface area contributed by atoms with Crippen molar-refractivity contribution in [3.8, 4) is 0 Å². The first-order valence-electron chi connectivity index (χ1n) is 38.3. The van der Waals surface area contributed by atoms with Crippen LogP contribution in [0.15, 0.2) is 122 Å². The number of carbonyl (C=O) groups excluding carboxylic acids is 2. The predicted octanol–water partition coefficient (Wildman–Crippen LogP) is 25.4. The molecule has 10 heteroatoms. The van der Waals surface area contributed by atoms with Crippen molar-refractivity contribution < 1.29 is 42.1 Å². The minimum Gasteiger partial charge on any atom is -0.462 e. The largest absolute Gasteiger partial charge is 0.472 e. The van der Waals surface area contributed by atoms with E-state index < -0.39 is 26.5 Å². The van der Waals surface area contributed by atoms with Crippen molar-refractivity contribution in [3.05, 3.63) is 122 Å². The third-order valence-electron chi connectivity index (χ3n) is 16.5. The summed E-state index contributed by atoms with van der Waals surface area (Å²) in [5, 5.41) is 0. The Labute approximate surface area is 568 Å². The Kier molecular flexibility index (Phi) is 68.9. The molecule has 0 fully saturated rings. The SMILES string of the molecule is CC/C=C\C/C=C\C/C=C\C/C=C\C/C=C\C/C=C\C/C=C\C/C=C\C/C=C\C/C=C\CCCCC(=O)OC(COC(=O)CCCCCCCCCCCCCCCCCCCCCCCCCCCCCCCCCCCCC)COP(=O)(O)OCC[N+](C)(C)C. The molecule has 0 aromatic carbocycles. The van der Waals surface area contributed by atoms with Crippen molar-refractivity contribution in [3.63, 3.8) is 0 Å². The molecule has 0 saturated carbocycles. The monoisotopic (exact) mass is 1300 g/mol. The van der Waals surface area contributed by atoms with Crippen molar-refractivity contribution in [1.82, 2.24) is 0 Å². The summed E-state index contributed by atoms with van der Waals surface area (Å²) < 4.78 is 34.7. The normalized spacial score (nSPS) is 13.8. The van der Waals surface area contributed by atoms with Crippen LogP contribution in [-0.4, -0.2) is 74.9 Å². The molecular formula is C82H145NO8P+. The lowest BCUT2D eigenvalue weighted by Gasteiger charge is -2.24. The van der Waals surface area contributed by atoms with E-state index in [0.29, 0.717) is 17.4 Å². The lowest BCUT2D eigenvalue weighted by atomic mass is 10.0. The highest BCUT2D eigenvalue weighted by atomic mass is 31.2. The molecule has 0 spiro atoms. The summed E-state index contributed by atoms with van der Waals surface area (Å²) in [7, 11) is 1.44. The van der Waals surface area contributed by atoms with Gasteiger partial charge in [0.25, 0.3) is 0 Å². The second-order valence-corrected chi connectivity index (χ2v) is 28.1. The Morgan fingerprint density at radius 1 is 0.348 bits per heavy atom. The Hall–Kier alpha value is -3.59. The molecule has 0 aromatic rings. The average Bonchev–Trinajstić information content (AvgIpc) is 2.23. The number of hydrogen-bond donors (Lipinski definition) is 1. The zero-order chi connectivity index (χ0) is 66.9. The Bertz CT molecular complexity index is 1970. The highest BCUT2D eigenvalue weighted by molar-refractivity contribution is 7.47. The summed E-state index contributed by atoms with van der Waals surface area (Å²) >= 11 is 0. The van der Waals surface area contributed by atoms with Gasteiger partial charge in [-0.05, 0) is 89.9 Å². The standard InChI is InChI=1S/C82H144NO8P/c1-6-8-10-12-14-16-18-20-22-24-26-28-30-32-34-36-38-40-41-43-44-46-48-50-52-54-56-58-60-62-64-66-68-70-72-74-81(84)88-78-80(79-90-92(86,87)89-77-76-83(3,4)5)91-82(85)75-73-71-69-67-65-63-61-59-57-55-53-51-49-47-45-42-39-37-35-33-31-29-27-25-23-21-19-17-15-13-11-9-7-2/h9,11,15,17,21,23,27,29,33,35,39,42,47,49,53,55,59,61,65,67,80H,6-8,10,12-14,16,18-20,22,24-26,28,30-32,34,36-38,40-41,43-46,48,50-52,54,56-58,60,62-64,66,68-79H2,1-5H3/p+1/b11-9-,17-15-,23-21-,29-27-,35-33-,42-39-,49-47-,55-53-,61-59-,67-65-. The fourth-order valence-corrected chi connectivity index (χ4v) is 11.4. The van der Waals surface area contributed by atoms with Crippen LogP contribution >= 0.6 is 7.82 Å². The van der Waals surface area contributed by atoms with Crippen molar-refractivity contribution in [2.45, 2.75) is 341 Å². The molecule has 2 atom stereocenters. The van der Waals surface area contributed by atoms with Crippen LogP contribution < -0.4 is 0 Å². The number of rotatable bonds is 70. The Balaban J connectivity index is 4.08. The molecule has 0 aromatic heterocycles. The third-order valence-corrected chi connectivity index (χ3v) is 17.5. The summed E-state index contributed by atoms with van der Waals surface area (Å²) in [6.07, 6.45) is 103. The number of carbonyl (C=O) groups is 2. The number of hydrogen-bond acceptors (Lipinski definition) is 7. The zero-order valence-corrected chi connectivity index (χ0v) is 61.4. The van der Waals surface area contributed by atoms with Crippen LogP contribution in [0.25, 0.3) is 0 Å². The van der Waals surface area contributed by atoms with Crippen molar-refractivity contribution >= 4 is 19.8 Å². The van der Waals surface area contributed by atoms with E-state index >= 15 is 0 Å². The van der Waals surface area contributed by atoms with Crippen LogP contribution in [0.4, 0.5) is 0 Å². The second-order valence-electron chi connectivity index (χ2n) is 26.7. The molecule has 0 bridgehead atoms. The lowest BCUT2D eigenvalue weighted by molar-refractivity contribution is -0.870. The molecular weight excluding hydrogens is 1160 g/mol. The fourth-order valence-electron chi connectivity index (χ4n) is 10.7. The maximum absolute atomic E-state index is 12.9. The summed E-state index contributed by atoms with van der Waals surface area (Å²) in [6, 6.07) is 0. The van der Waals surface area contributed by atoms with Crippen LogP contribution in [0.5, 0.6) is 0 Å². The number of likely N-dealkylation sites (N-methyl/N-ethyl adjacent to an activating group) is 1. The van der Waals surface area contributed by atoms with Crippen LogP contribution in [0.3, 0.4) is 0 Å². The van der Waals surface area contributed by atoms with Gasteiger partial charge >= 0.3 is 19.8 Å². The molecule has 0 rings (SSSR count). The smallest absolute Gasteiger partial charge is 0.462 e. The molecule has 0 aliphatic rings. The van der Waals surface area contributed by atoms with Gasteiger partial charge in [0.05, 0.1) is 27.7 Å². The quantitative estimate of drug-likeness (QED) is 0.0211. The number of ether oxygens (including phenoxy) is 2. The van der Waals surface area contributed by atoms with Crippen LogP contribution in [0, 0.1) is 0 Å². The zero-order valence-electron chi connectivity index (χ0n) is 60.5. The minimum absolute atomic E-state index is 0.0182. The van der Waals surface area contributed by atoms with Crippen molar-refractivity contribution in [2.24, 2.45) is 0 Å². The van der Waals surface area contributed by atoms with Gasteiger partial charge in [0.15, 0.2) is 6.10 Å². The highest BCUT2D eigenvalue weighted by Gasteiger charge is 2.27. The van der Waals surface area contributed by atoms with Gasteiger partial charge in [0.2, 0.25) is 0 Å². The first-order valence-corrected chi connectivity index (χ1v) is 39.8. The average molecular weight is 1300 g/mol. The predicted molar refractivity (Wildman–Crippen MR) is 399 cm³/mol. The molecule has 530 valence electrons. The molecule has 0 heterocycles. The van der Waals surface area contributed by atoms with Gasteiger partial charge in [-0.2, -0.15) is 0 Å². The van der Waals surface area contributed by atoms with Crippen molar-refractivity contribution in [1.29, 1.82) is 0 Å². The number of unbranched alkanes of at least 4 members (excludes halogenated alkanes) is 36. The molecule has 0 amide bonds. The molecule has 0 aliphatic carbocycles. The van der Waals surface area contributed by atoms with E-state index in [4.69, 9.17) is 18.5 Å². The van der Waals surface area contributed by atoms with Gasteiger partial charge in [-0.25, -0.2) is 4.57 Å². The fraction of sp³-hybridized carbons (Fsp3) is 0.732. The van der Waals surface area contributed by atoms with Crippen LogP contribution in [0.2, 0.25) is 0 Å². The van der Waals surface area contributed by atoms with Gasteiger partial charge in [0.1, 0.15) is 19.8 Å². The molecule has 2 unspecified atom stereocenters. The van der Waals surface area contributed by atoms with Gasteiger partial charge in [-0.3, -0.25) is 18.6 Å². The molecule has 0 saturated heterocycles. The second kappa shape index (κ2) is 71.7. The molecule has 92 heavy (non-hydrogen) atoms. The maximum atomic E-state index is 12.9. The summed E-state index contributed by atoms with van der Waals surface area (Å²) in [4.78, 5) is 35.9. The topological polar surface area (TPSA) is 108 Å². The number of phosphoric acid groups is 1. The van der Waals surface area contributed by atoms with Gasteiger partial charge in [0, 0.05) is 12.8 Å². The molecule has 0 aliphatic heterocycles. The summed E-state index contributed by atoms with van der Waals surface area (Å²) in [6.45, 7) is 4.30. The lowest BCUT2D eigenvalue weighted by Crippen LogP contribution is -2.37. The number of quaternary nitrogens is 1. The maximum Gasteiger partial charge on any atom is 0.472 e. The van der Waals surface area contributed by atoms with E-state index in [2.05, 4.69) is 135 Å².